The zero-order valence-corrected chi connectivity index (χ0v) is 11.8. The zero-order chi connectivity index (χ0) is 13.0. The molecule has 1 fully saturated rings. The Hall–Kier alpha value is -1.00. The monoisotopic (exact) mass is 264 g/mol. The van der Waals surface area contributed by atoms with Crippen LogP contribution in [0.3, 0.4) is 0 Å². The summed E-state index contributed by atoms with van der Waals surface area (Å²) in [6, 6.07) is 8.89. The fourth-order valence-corrected chi connectivity index (χ4v) is 2.64. The van der Waals surface area contributed by atoms with E-state index in [1.54, 1.807) is 11.8 Å². The maximum Gasteiger partial charge on any atom is 0.232 e. The summed E-state index contributed by atoms with van der Waals surface area (Å²) < 4.78 is 0. The number of rotatable bonds is 6. The standard InChI is InChI=1S/C14H20N2OS/c1-15-9-11-3-7-13(8-4-11)18-10-14(17)16(2)12-5-6-12/h3-4,7-8,12,15H,5-6,9-10H2,1-2H3. The average Bonchev–Trinajstić information content (AvgIpc) is 3.21. The SMILES string of the molecule is CNCc1ccc(SCC(=O)N(C)C2CC2)cc1. The van der Waals surface area contributed by atoms with Crippen LogP contribution in [0.2, 0.25) is 0 Å². The number of hydrogen-bond donors (Lipinski definition) is 1. The number of carbonyl (C=O) groups is 1. The molecule has 0 bridgehead atoms. The summed E-state index contributed by atoms with van der Waals surface area (Å²) in [5.74, 6) is 0.778. The second kappa shape index (κ2) is 6.25. The summed E-state index contributed by atoms with van der Waals surface area (Å²) >= 11 is 1.62. The van der Waals surface area contributed by atoms with Crippen LogP contribution in [0.4, 0.5) is 0 Å². The molecule has 0 saturated heterocycles. The summed E-state index contributed by atoms with van der Waals surface area (Å²) in [6.45, 7) is 0.883. The second-order valence-electron chi connectivity index (χ2n) is 4.70. The number of amides is 1. The van der Waals surface area contributed by atoms with Gasteiger partial charge in [-0.1, -0.05) is 12.1 Å². The minimum absolute atomic E-state index is 0.238. The smallest absolute Gasteiger partial charge is 0.232 e. The lowest BCUT2D eigenvalue weighted by Gasteiger charge is -2.15. The summed E-state index contributed by atoms with van der Waals surface area (Å²) in [7, 11) is 3.85. The number of nitrogens with zero attached hydrogens (tertiary/aromatic N) is 1. The fourth-order valence-electron chi connectivity index (χ4n) is 1.82. The van der Waals surface area contributed by atoms with Crippen LogP contribution >= 0.6 is 11.8 Å². The molecule has 0 aliphatic heterocycles. The van der Waals surface area contributed by atoms with Crippen molar-refractivity contribution in [1.82, 2.24) is 10.2 Å². The predicted octanol–water partition coefficient (Wildman–Crippen LogP) is 2.12. The van der Waals surface area contributed by atoms with Gasteiger partial charge in [0.15, 0.2) is 0 Å². The Morgan fingerprint density at radius 3 is 2.61 bits per heavy atom. The Bertz CT molecular complexity index is 401. The van der Waals surface area contributed by atoms with Crippen molar-refractivity contribution in [2.45, 2.75) is 30.3 Å². The van der Waals surface area contributed by atoms with Gasteiger partial charge in [-0.25, -0.2) is 0 Å². The van der Waals surface area contributed by atoms with Crippen LogP contribution in [0.15, 0.2) is 29.2 Å². The Labute approximate surface area is 113 Å². The molecular formula is C14H20N2OS. The van der Waals surface area contributed by atoms with Gasteiger partial charge in [-0.15, -0.1) is 11.8 Å². The summed E-state index contributed by atoms with van der Waals surface area (Å²) in [5, 5.41) is 3.12. The van der Waals surface area contributed by atoms with E-state index in [-0.39, 0.29) is 5.91 Å². The molecule has 1 aliphatic rings. The highest BCUT2D eigenvalue weighted by molar-refractivity contribution is 8.00. The van der Waals surface area contributed by atoms with Gasteiger partial charge in [0.1, 0.15) is 0 Å². The van der Waals surface area contributed by atoms with Crippen molar-refractivity contribution in [3.05, 3.63) is 29.8 Å². The van der Waals surface area contributed by atoms with E-state index >= 15 is 0 Å². The van der Waals surface area contributed by atoms with Gasteiger partial charge in [-0.3, -0.25) is 4.79 Å². The maximum atomic E-state index is 11.9. The lowest BCUT2D eigenvalue weighted by Crippen LogP contribution is -2.30. The van der Waals surface area contributed by atoms with E-state index in [0.29, 0.717) is 11.8 Å². The fraction of sp³-hybridized carbons (Fsp3) is 0.500. The van der Waals surface area contributed by atoms with Crippen molar-refractivity contribution in [1.29, 1.82) is 0 Å². The lowest BCUT2D eigenvalue weighted by atomic mass is 10.2. The van der Waals surface area contributed by atoms with E-state index < -0.39 is 0 Å². The molecule has 1 N–H and O–H groups in total. The molecule has 4 heteroatoms. The number of carbonyl (C=O) groups excluding carboxylic acids is 1. The Morgan fingerprint density at radius 2 is 2.06 bits per heavy atom. The molecule has 3 nitrogen and oxygen atoms in total. The quantitative estimate of drug-likeness (QED) is 0.799. The van der Waals surface area contributed by atoms with E-state index in [0.717, 1.165) is 11.4 Å². The van der Waals surface area contributed by atoms with E-state index in [2.05, 4.69) is 29.6 Å². The van der Waals surface area contributed by atoms with Crippen LogP contribution in [0.5, 0.6) is 0 Å². The molecule has 0 spiro atoms. The van der Waals surface area contributed by atoms with Crippen LogP contribution in [-0.2, 0) is 11.3 Å². The van der Waals surface area contributed by atoms with Crippen LogP contribution in [0.25, 0.3) is 0 Å². The van der Waals surface area contributed by atoms with Crippen molar-refractivity contribution in [2.75, 3.05) is 19.8 Å². The zero-order valence-electron chi connectivity index (χ0n) is 11.0. The van der Waals surface area contributed by atoms with Crippen LogP contribution < -0.4 is 5.32 Å². The van der Waals surface area contributed by atoms with E-state index in [9.17, 15) is 4.79 Å². The van der Waals surface area contributed by atoms with E-state index in [1.165, 1.54) is 18.4 Å². The molecule has 0 aromatic heterocycles. The summed E-state index contributed by atoms with van der Waals surface area (Å²) in [5.41, 5.74) is 1.27. The minimum Gasteiger partial charge on any atom is -0.342 e. The van der Waals surface area contributed by atoms with Crippen LogP contribution in [0.1, 0.15) is 18.4 Å². The average molecular weight is 264 g/mol. The van der Waals surface area contributed by atoms with Crippen molar-refractivity contribution >= 4 is 17.7 Å². The van der Waals surface area contributed by atoms with Gasteiger partial charge in [0.2, 0.25) is 5.91 Å². The number of thioether (sulfide) groups is 1. The minimum atomic E-state index is 0.238. The molecule has 0 unspecified atom stereocenters. The Morgan fingerprint density at radius 1 is 1.39 bits per heavy atom. The topological polar surface area (TPSA) is 32.3 Å². The van der Waals surface area contributed by atoms with Crippen LogP contribution in [0, 0.1) is 0 Å². The molecule has 1 aromatic carbocycles. The van der Waals surface area contributed by atoms with E-state index in [1.807, 2.05) is 19.0 Å². The van der Waals surface area contributed by atoms with Crippen molar-refractivity contribution < 1.29 is 4.79 Å². The molecule has 0 radical (unpaired) electrons. The normalized spacial score (nSPS) is 14.6. The second-order valence-corrected chi connectivity index (χ2v) is 5.75. The molecule has 0 atom stereocenters. The van der Waals surface area contributed by atoms with E-state index in [4.69, 9.17) is 0 Å². The maximum absolute atomic E-state index is 11.9. The lowest BCUT2D eigenvalue weighted by molar-refractivity contribution is -0.127. The first-order valence-corrected chi connectivity index (χ1v) is 7.31. The third-order valence-electron chi connectivity index (χ3n) is 3.15. The number of nitrogens with one attached hydrogen (secondary N) is 1. The van der Waals surface area contributed by atoms with Crippen molar-refractivity contribution in [3.8, 4) is 0 Å². The molecule has 98 valence electrons. The Kier molecular flexibility index (Phi) is 4.66. The van der Waals surface area contributed by atoms with Gasteiger partial charge in [-0.2, -0.15) is 0 Å². The molecule has 1 amide bonds. The molecule has 18 heavy (non-hydrogen) atoms. The first-order chi connectivity index (χ1) is 8.70. The van der Waals surface area contributed by atoms with Crippen molar-refractivity contribution in [2.24, 2.45) is 0 Å². The highest BCUT2D eigenvalue weighted by Crippen LogP contribution is 2.27. The van der Waals surface area contributed by atoms with Crippen molar-refractivity contribution in [3.63, 3.8) is 0 Å². The largest absolute Gasteiger partial charge is 0.342 e. The first-order valence-electron chi connectivity index (χ1n) is 6.32. The first kappa shape index (κ1) is 13.4. The highest BCUT2D eigenvalue weighted by atomic mass is 32.2. The van der Waals surface area contributed by atoms with Gasteiger partial charge in [-0.05, 0) is 37.6 Å². The molecular weight excluding hydrogens is 244 g/mol. The summed E-state index contributed by atoms with van der Waals surface area (Å²) in [4.78, 5) is 14.9. The number of benzene rings is 1. The predicted molar refractivity (Wildman–Crippen MR) is 75.7 cm³/mol. The van der Waals surface area contributed by atoms with Gasteiger partial charge < -0.3 is 10.2 Å². The molecule has 1 aromatic rings. The Balaban J connectivity index is 1.80. The molecule has 0 heterocycles. The third kappa shape index (κ3) is 3.75. The van der Waals surface area contributed by atoms with Gasteiger partial charge in [0.25, 0.3) is 0 Å². The highest BCUT2D eigenvalue weighted by Gasteiger charge is 2.29. The van der Waals surface area contributed by atoms with Gasteiger partial charge >= 0.3 is 0 Å². The molecule has 2 rings (SSSR count). The van der Waals surface area contributed by atoms with Gasteiger partial charge in [0, 0.05) is 24.5 Å². The molecule has 1 aliphatic carbocycles. The summed E-state index contributed by atoms with van der Waals surface area (Å²) in [6.07, 6.45) is 2.34. The third-order valence-corrected chi connectivity index (χ3v) is 4.15. The van der Waals surface area contributed by atoms with Crippen LogP contribution in [-0.4, -0.2) is 36.7 Å². The van der Waals surface area contributed by atoms with Gasteiger partial charge in [0.05, 0.1) is 5.75 Å². The molecule has 1 saturated carbocycles. The number of hydrogen-bond acceptors (Lipinski definition) is 3.